The minimum absolute atomic E-state index is 0.160. The molecule has 202 valence electrons. The molecule has 0 spiro atoms. The Labute approximate surface area is 223 Å². The van der Waals surface area contributed by atoms with Crippen LogP contribution in [0.2, 0.25) is 0 Å². The van der Waals surface area contributed by atoms with Crippen molar-refractivity contribution >= 4 is 11.8 Å². The Hall–Kier alpha value is -3.69. The summed E-state index contributed by atoms with van der Waals surface area (Å²) in [5, 5.41) is 2.92. The van der Waals surface area contributed by atoms with Gasteiger partial charge >= 0.3 is 0 Å². The van der Waals surface area contributed by atoms with E-state index in [1.807, 2.05) is 36.4 Å². The zero-order chi connectivity index (χ0) is 27.1. The Morgan fingerprint density at radius 3 is 2.53 bits per heavy atom. The van der Waals surface area contributed by atoms with Gasteiger partial charge in [-0.25, -0.2) is 4.98 Å². The Balaban J connectivity index is 1.51. The number of nitrogens with zero attached hydrogens (tertiary/aromatic N) is 2. The van der Waals surface area contributed by atoms with Crippen molar-refractivity contribution in [1.82, 2.24) is 20.2 Å². The second-order valence-corrected chi connectivity index (χ2v) is 9.85. The lowest BCUT2D eigenvalue weighted by Gasteiger charge is -2.51. The second-order valence-electron chi connectivity index (χ2n) is 9.85. The molecule has 1 aliphatic heterocycles. The van der Waals surface area contributed by atoms with E-state index in [0.717, 1.165) is 34.6 Å². The number of likely N-dealkylation sites (tertiary alicyclic amines) is 1. The lowest BCUT2D eigenvalue weighted by Crippen LogP contribution is -2.66. The summed E-state index contributed by atoms with van der Waals surface area (Å²) in [5.74, 6) is 0.174. The summed E-state index contributed by atoms with van der Waals surface area (Å²) in [6.45, 7) is 5.58. The van der Waals surface area contributed by atoms with Gasteiger partial charge in [0.2, 0.25) is 11.8 Å². The number of aryl methyl sites for hydroxylation is 1. The summed E-state index contributed by atoms with van der Waals surface area (Å²) < 4.78 is 11.6. The number of carbonyl (C=O) groups is 2. The van der Waals surface area contributed by atoms with Crippen LogP contribution in [0.15, 0.2) is 61.1 Å². The average Bonchev–Trinajstić information content (AvgIpc) is 3.41. The number of hydrogen-bond acceptors (Lipinski definition) is 6. The first-order chi connectivity index (χ1) is 18.3. The Bertz CT molecular complexity index is 1210. The zero-order valence-electron chi connectivity index (χ0n) is 22.3. The van der Waals surface area contributed by atoms with Gasteiger partial charge in [-0.2, -0.15) is 0 Å². The number of rotatable bonds is 12. The van der Waals surface area contributed by atoms with Crippen molar-refractivity contribution in [2.45, 2.75) is 50.8 Å². The topological polar surface area (TPSA) is 123 Å². The molecule has 4 N–H and O–H groups in total. The number of imidazole rings is 1. The number of nitrogens with one attached hydrogen (secondary N) is 2. The van der Waals surface area contributed by atoms with Crippen molar-refractivity contribution in [3.8, 4) is 5.75 Å². The van der Waals surface area contributed by atoms with Gasteiger partial charge in [0.1, 0.15) is 17.4 Å². The lowest BCUT2D eigenvalue weighted by molar-refractivity contribution is -0.175. The van der Waals surface area contributed by atoms with Crippen LogP contribution in [0.1, 0.15) is 35.7 Å². The molecule has 3 aromatic rings. The van der Waals surface area contributed by atoms with E-state index in [-0.39, 0.29) is 11.8 Å². The second kappa shape index (κ2) is 12.2. The fraction of sp³-hybridized carbons (Fsp3) is 0.414. The van der Waals surface area contributed by atoms with Gasteiger partial charge in [0, 0.05) is 31.3 Å². The standard InChI is InChI=1S/C29H37N5O4/c1-4-13-38-29(24-8-6-5-7-20(24)2)17-34(18-29)28(36)26(14-21-9-11-23(37-3)12-10-21)33-27(35)25(30)15-22-16-31-19-32-22/h5-12,16,19,25-26H,4,13-15,17-18,30H2,1-3H3,(H,31,32)(H,33,35)/t25?,26-/m0/s1. The van der Waals surface area contributed by atoms with Crippen LogP contribution >= 0.6 is 0 Å². The fourth-order valence-electron chi connectivity index (χ4n) is 4.87. The number of hydrogen-bond donors (Lipinski definition) is 3. The quantitative estimate of drug-likeness (QED) is 0.338. The number of benzene rings is 2. The third kappa shape index (κ3) is 6.23. The molecule has 2 aromatic carbocycles. The molecule has 2 heterocycles. The number of H-pyrrole nitrogens is 1. The molecule has 2 amide bonds. The first-order valence-electron chi connectivity index (χ1n) is 13.0. The van der Waals surface area contributed by atoms with Crippen LogP contribution in [0.3, 0.4) is 0 Å². The molecule has 2 atom stereocenters. The summed E-state index contributed by atoms with van der Waals surface area (Å²) >= 11 is 0. The van der Waals surface area contributed by atoms with Gasteiger partial charge in [0.25, 0.3) is 0 Å². The number of carbonyl (C=O) groups excluding carboxylic acids is 2. The third-order valence-electron chi connectivity index (χ3n) is 6.97. The summed E-state index contributed by atoms with van der Waals surface area (Å²) in [6, 6.07) is 14.0. The lowest BCUT2D eigenvalue weighted by atomic mass is 9.82. The van der Waals surface area contributed by atoms with Crippen LogP contribution in [-0.4, -0.2) is 65.6 Å². The van der Waals surface area contributed by atoms with Crippen molar-refractivity contribution in [1.29, 1.82) is 0 Å². The molecule has 1 unspecified atom stereocenters. The van der Waals surface area contributed by atoms with Crippen LogP contribution in [0, 0.1) is 6.92 Å². The number of amides is 2. The molecule has 4 rings (SSSR count). The molecule has 0 aliphatic carbocycles. The highest BCUT2D eigenvalue weighted by atomic mass is 16.5. The predicted molar refractivity (Wildman–Crippen MR) is 145 cm³/mol. The van der Waals surface area contributed by atoms with Crippen molar-refractivity contribution in [2.24, 2.45) is 5.73 Å². The molecule has 0 radical (unpaired) electrons. The molecule has 9 nitrogen and oxygen atoms in total. The summed E-state index contributed by atoms with van der Waals surface area (Å²) in [5.41, 5.74) is 9.50. The molecule has 1 aliphatic rings. The summed E-state index contributed by atoms with van der Waals surface area (Å²) in [6.07, 6.45) is 4.68. The highest BCUT2D eigenvalue weighted by Crippen LogP contribution is 2.38. The number of nitrogens with two attached hydrogens (primary N) is 1. The molecular weight excluding hydrogens is 482 g/mol. The number of ether oxygens (including phenoxy) is 2. The molecule has 1 aromatic heterocycles. The Morgan fingerprint density at radius 2 is 1.89 bits per heavy atom. The van der Waals surface area contributed by atoms with Crippen LogP contribution in [0.25, 0.3) is 0 Å². The maximum Gasteiger partial charge on any atom is 0.245 e. The minimum Gasteiger partial charge on any atom is -0.497 e. The van der Waals surface area contributed by atoms with Crippen molar-refractivity contribution in [2.75, 3.05) is 26.8 Å². The predicted octanol–water partition coefficient (Wildman–Crippen LogP) is 2.49. The average molecular weight is 520 g/mol. The summed E-state index contributed by atoms with van der Waals surface area (Å²) in [7, 11) is 1.60. The molecule has 1 saturated heterocycles. The van der Waals surface area contributed by atoms with Gasteiger partial charge in [-0.05, 0) is 42.2 Å². The van der Waals surface area contributed by atoms with E-state index in [1.54, 1.807) is 24.5 Å². The van der Waals surface area contributed by atoms with E-state index in [1.165, 1.54) is 0 Å². The zero-order valence-corrected chi connectivity index (χ0v) is 22.3. The molecular formula is C29H37N5O4. The molecule has 0 bridgehead atoms. The van der Waals surface area contributed by atoms with E-state index < -0.39 is 17.7 Å². The van der Waals surface area contributed by atoms with Gasteiger partial charge in [0.15, 0.2) is 0 Å². The van der Waals surface area contributed by atoms with Crippen LogP contribution in [0.4, 0.5) is 0 Å². The van der Waals surface area contributed by atoms with Crippen LogP contribution < -0.4 is 15.8 Å². The van der Waals surface area contributed by atoms with Gasteiger partial charge in [0.05, 0.1) is 32.6 Å². The van der Waals surface area contributed by atoms with Crippen LogP contribution in [0.5, 0.6) is 5.75 Å². The number of aromatic amines is 1. The first kappa shape index (κ1) is 27.3. The van der Waals surface area contributed by atoms with E-state index in [9.17, 15) is 9.59 Å². The minimum atomic E-state index is -0.822. The van der Waals surface area contributed by atoms with Crippen molar-refractivity contribution in [3.05, 3.63) is 83.4 Å². The Kier molecular flexibility index (Phi) is 8.81. The highest BCUT2D eigenvalue weighted by molar-refractivity contribution is 5.90. The normalized spacial score (nSPS) is 15.8. The number of methoxy groups -OCH3 is 1. The molecule has 9 heteroatoms. The first-order valence-corrected chi connectivity index (χ1v) is 13.0. The van der Waals surface area contributed by atoms with Crippen molar-refractivity contribution in [3.63, 3.8) is 0 Å². The van der Waals surface area contributed by atoms with Gasteiger partial charge in [-0.3, -0.25) is 9.59 Å². The van der Waals surface area contributed by atoms with Crippen molar-refractivity contribution < 1.29 is 19.1 Å². The smallest absolute Gasteiger partial charge is 0.245 e. The Morgan fingerprint density at radius 1 is 1.16 bits per heavy atom. The van der Waals surface area contributed by atoms with E-state index in [4.69, 9.17) is 15.2 Å². The monoisotopic (exact) mass is 519 g/mol. The van der Waals surface area contributed by atoms with Crippen LogP contribution in [-0.2, 0) is 32.8 Å². The molecule has 0 saturated carbocycles. The van der Waals surface area contributed by atoms with E-state index in [2.05, 4.69) is 41.3 Å². The number of aromatic nitrogens is 2. The van der Waals surface area contributed by atoms with Gasteiger partial charge in [-0.1, -0.05) is 43.3 Å². The van der Waals surface area contributed by atoms with Gasteiger partial charge in [-0.15, -0.1) is 0 Å². The highest BCUT2D eigenvalue weighted by Gasteiger charge is 2.49. The SMILES string of the molecule is CCCOC1(c2ccccc2C)CN(C(=O)[C@H](Cc2ccc(OC)cc2)NC(=O)C(N)Cc2cnc[nH]2)C1. The fourth-order valence-corrected chi connectivity index (χ4v) is 4.87. The largest absolute Gasteiger partial charge is 0.497 e. The third-order valence-corrected chi connectivity index (χ3v) is 6.97. The van der Waals surface area contributed by atoms with E-state index in [0.29, 0.717) is 32.5 Å². The van der Waals surface area contributed by atoms with E-state index >= 15 is 0 Å². The maximum absolute atomic E-state index is 13.8. The summed E-state index contributed by atoms with van der Waals surface area (Å²) in [4.78, 5) is 35.5. The molecule has 38 heavy (non-hydrogen) atoms. The van der Waals surface area contributed by atoms with Gasteiger partial charge < -0.3 is 30.4 Å². The molecule has 1 fully saturated rings. The maximum atomic E-state index is 13.8.